The highest BCUT2D eigenvalue weighted by Gasteiger charge is 2.33. The van der Waals surface area contributed by atoms with Crippen LogP contribution in [0.1, 0.15) is 10.4 Å². The second-order valence-corrected chi connectivity index (χ2v) is 4.82. The lowest BCUT2D eigenvalue weighted by atomic mass is 10.1. The van der Waals surface area contributed by atoms with Crippen LogP contribution in [0.5, 0.6) is 5.75 Å². The first-order valence-electron chi connectivity index (χ1n) is 6.34. The minimum atomic E-state index is -4.28. The fraction of sp³-hybridized carbons (Fsp3) is 0.462. The van der Waals surface area contributed by atoms with E-state index in [1.54, 1.807) is 0 Å². The molecular weight excluding hydrogens is 292 g/mol. The highest BCUT2D eigenvalue weighted by molar-refractivity contribution is 5.97. The van der Waals surface area contributed by atoms with Crippen LogP contribution in [0.2, 0.25) is 0 Å². The third-order valence-corrected chi connectivity index (χ3v) is 3.27. The summed E-state index contributed by atoms with van der Waals surface area (Å²) in [5, 5.41) is 9.55. The van der Waals surface area contributed by atoms with Crippen molar-refractivity contribution in [3.8, 4) is 5.75 Å². The number of amides is 1. The van der Waals surface area contributed by atoms with Crippen LogP contribution in [0, 0.1) is 5.82 Å². The molecule has 0 radical (unpaired) electrons. The number of nitrogens with zero attached hydrogens (tertiary/aromatic N) is 2. The molecule has 116 valence electrons. The highest BCUT2D eigenvalue weighted by Crippen LogP contribution is 2.23. The van der Waals surface area contributed by atoms with E-state index in [9.17, 15) is 27.5 Å². The maximum atomic E-state index is 13.6. The van der Waals surface area contributed by atoms with E-state index in [4.69, 9.17) is 0 Å². The number of benzene rings is 1. The Kier molecular flexibility index (Phi) is 4.36. The van der Waals surface area contributed by atoms with Gasteiger partial charge in [-0.3, -0.25) is 9.69 Å². The molecule has 1 aromatic carbocycles. The van der Waals surface area contributed by atoms with Gasteiger partial charge in [0.15, 0.2) is 0 Å². The quantitative estimate of drug-likeness (QED) is 0.848. The number of hydrogen-bond donors (Lipinski definition) is 1. The SMILES string of the molecule is O=C(c1c(O)cccc1F)N1CCN(CC(F)(F)F)CC1. The van der Waals surface area contributed by atoms with E-state index in [1.165, 1.54) is 21.9 Å². The molecule has 4 nitrogen and oxygen atoms in total. The van der Waals surface area contributed by atoms with Gasteiger partial charge < -0.3 is 10.0 Å². The summed E-state index contributed by atoms with van der Waals surface area (Å²) in [6.45, 7) is -0.799. The van der Waals surface area contributed by atoms with Crippen LogP contribution in [0.4, 0.5) is 17.6 Å². The molecule has 0 spiro atoms. The van der Waals surface area contributed by atoms with Crippen LogP contribution < -0.4 is 0 Å². The molecular formula is C13H14F4N2O2. The monoisotopic (exact) mass is 306 g/mol. The van der Waals surface area contributed by atoms with Crippen molar-refractivity contribution >= 4 is 5.91 Å². The number of aromatic hydroxyl groups is 1. The van der Waals surface area contributed by atoms with Gasteiger partial charge in [0.2, 0.25) is 0 Å². The smallest absolute Gasteiger partial charge is 0.401 e. The number of carbonyl (C=O) groups excluding carboxylic acids is 1. The Morgan fingerprint density at radius 3 is 2.33 bits per heavy atom. The molecule has 0 aliphatic carbocycles. The minimum Gasteiger partial charge on any atom is -0.507 e. The fourth-order valence-corrected chi connectivity index (χ4v) is 2.25. The van der Waals surface area contributed by atoms with Gasteiger partial charge in [0.25, 0.3) is 5.91 Å². The van der Waals surface area contributed by atoms with E-state index in [0.717, 1.165) is 6.07 Å². The second-order valence-electron chi connectivity index (χ2n) is 4.82. The van der Waals surface area contributed by atoms with Gasteiger partial charge in [-0.15, -0.1) is 0 Å². The number of phenolic OH excluding ortho intramolecular Hbond substituents is 1. The van der Waals surface area contributed by atoms with Crippen molar-refractivity contribution in [1.82, 2.24) is 9.80 Å². The number of halogens is 4. The molecule has 1 aromatic rings. The maximum absolute atomic E-state index is 13.6. The Labute approximate surface area is 118 Å². The molecule has 1 heterocycles. The van der Waals surface area contributed by atoms with E-state index >= 15 is 0 Å². The van der Waals surface area contributed by atoms with Crippen molar-refractivity contribution in [2.75, 3.05) is 32.7 Å². The molecule has 21 heavy (non-hydrogen) atoms. The molecule has 0 bridgehead atoms. The lowest BCUT2D eigenvalue weighted by Crippen LogP contribution is -2.51. The van der Waals surface area contributed by atoms with Crippen LogP contribution in [-0.2, 0) is 0 Å². The zero-order valence-electron chi connectivity index (χ0n) is 11.0. The zero-order chi connectivity index (χ0) is 15.6. The molecule has 0 aromatic heterocycles. The summed E-state index contributed by atoms with van der Waals surface area (Å²) >= 11 is 0. The average molecular weight is 306 g/mol. The number of alkyl halides is 3. The van der Waals surface area contributed by atoms with Crippen LogP contribution in [-0.4, -0.2) is 59.7 Å². The van der Waals surface area contributed by atoms with Crippen LogP contribution in [0.3, 0.4) is 0 Å². The first-order valence-corrected chi connectivity index (χ1v) is 6.34. The molecule has 2 rings (SSSR count). The third kappa shape index (κ3) is 3.84. The molecule has 1 fully saturated rings. The van der Waals surface area contributed by atoms with Crippen molar-refractivity contribution in [3.05, 3.63) is 29.6 Å². The minimum absolute atomic E-state index is 0.0560. The van der Waals surface area contributed by atoms with Gasteiger partial charge in [-0.1, -0.05) is 6.07 Å². The highest BCUT2D eigenvalue weighted by atomic mass is 19.4. The van der Waals surface area contributed by atoms with Crippen molar-refractivity contribution in [1.29, 1.82) is 0 Å². The molecule has 1 aliphatic heterocycles. The summed E-state index contributed by atoms with van der Waals surface area (Å²) in [7, 11) is 0. The predicted octanol–water partition coefficient (Wildman–Crippen LogP) is 1.85. The Morgan fingerprint density at radius 2 is 1.81 bits per heavy atom. The largest absolute Gasteiger partial charge is 0.507 e. The summed E-state index contributed by atoms with van der Waals surface area (Å²) in [5.41, 5.74) is -0.443. The van der Waals surface area contributed by atoms with Gasteiger partial charge in [0.1, 0.15) is 17.1 Å². The molecule has 1 N–H and O–H groups in total. The zero-order valence-corrected chi connectivity index (χ0v) is 11.0. The van der Waals surface area contributed by atoms with Gasteiger partial charge in [-0.2, -0.15) is 13.2 Å². The van der Waals surface area contributed by atoms with Crippen molar-refractivity contribution in [2.24, 2.45) is 0 Å². The van der Waals surface area contributed by atoms with Gasteiger partial charge in [-0.25, -0.2) is 4.39 Å². The number of rotatable bonds is 2. The molecule has 1 aliphatic rings. The van der Waals surface area contributed by atoms with E-state index in [2.05, 4.69) is 0 Å². The van der Waals surface area contributed by atoms with Gasteiger partial charge in [0, 0.05) is 26.2 Å². The summed E-state index contributed by atoms with van der Waals surface area (Å²) in [6.07, 6.45) is -4.28. The first kappa shape index (κ1) is 15.6. The fourth-order valence-electron chi connectivity index (χ4n) is 2.25. The Hall–Kier alpha value is -1.83. The van der Waals surface area contributed by atoms with Gasteiger partial charge >= 0.3 is 6.18 Å². The summed E-state index contributed by atoms with van der Waals surface area (Å²) < 4.78 is 50.4. The Balaban J connectivity index is 2.01. The van der Waals surface area contributed by atoms with E-state index in [-0.39, 0.29) is 26.2 Å². The third-order valence-electron chi connectivity index (χ3n) is 3.27. The summed E-state index contributed by atoms with van der Waals surface area (Å²) in [6, 6.07) is 3.51. The van der Waals surface area contributed by atoms with Gasteiger partial charge in [-0.05, 0) is 12.1 Å². The van der Waals surface area contributed by atoms with Crippen molar-refractivity contribution in [3.63, 3.8) is 0 Å². The van der Waals surface area contributed by atoms with Gasteiger partial charge in [0.05, 0.1) is 6.54 Å². The number of hydrogen-bond acceptors (Lipinski definition) is 3. The van der Waals surface area contributed by atoms with E-state index < -0.39 is 35.8 Å². The second kappa shape index (κ2) is 5.88. The lowest BCUT2D eigenvalue weighted by molar-refractivity contribution is -0.148. The first-order chi connectivity index (χ1) is 9.78. The average Bonchev–Trinajstić information content (AvgIpc) is 2.37. The standard InChI is InChI=1S/C13H14F4N2O2/c14-9-2-1-3-10(20)11(9)12(21)19-6-4-18(5-7-19)8-13(15,16)17/h1-3,20H,4-8H2. The number of piperazine rings is 1. The maximum Gasteiger partial charge on any atom is 0.401 e. The van der Waals surface area contributed by atoms with E-state index in [1.807, 2.05) is 0 Å². The lowest BCUT2D eigenvalue weighted by Gasteiger charge is -2.35. The molecule has 0 atom stereocenters. The van der Waals surface area contributed by atoms with Crippen LogP contribution in [0.15, 0.2) is 18.2 Å². The number of carbonyl (C=O) groups is 1. The van der Waals surface area contributed by atoms with Crippen molar-refractivity contribution < 1.29 is 27.5 Å². The predicted molar refractivity (Wildman–Crippen MR) is 66.5 cm³/mol. The van der Waals surface area contributed by atoms with Crippen LogP contribution >= 0.6 is 0 Å². The molecule has 1 saturated heterocycles. The molecule has 0 unspecified atom stereocenters. The van der Waals surface area contributed by atoms with E-state index in [0.29, 0.717) is 0 Å². The Bertz CT molecular complexity index is 505. The summed E-state index contributed by atoms with van der Waals surface area (Å²) in [4.78, 5) is 14.5. The molecule has 0 saturated carbocycles. The topological polar surface area (TPSA) is 43.8 Å². The summed E-state index contributed by atoms with van der Waals surface area (Å²) in [5.74, 6) is -2.03. The van der Waals surface area contributed by atoms with Crippen LogP contribution in [0.25, 0.3) is 0 Å². The molecule has 8 heteroatoms. The number of phenols is 1. The van der Waals surface area contributed by atoms with Crippen molar-refractivity contribution in [2.45, 2.75) is 6.18 Å². The molecule has 1 amide bonds. The normalized spacial score (nSPS) is 17.0. The Morgan fingerprint density at radius 1 is 1.19 bits per heavy atom.